The average molecular weight is 851 g/mol. The number of carbonyl (C=O) groups is 1. The van der Waals surface area contributed by atoms with E-state index in [0.717, 1.165) is 12.8 Å². The lowest BCUT2D eigenvalue weighted by atomic mass is 9.52. The molecule has 2 saturated carbocycles. The van der Waals surface area contributed by atoms with Gasteiger partial charge in [0.05, 0.1) is 6.10 Å². The first-order valence-electron chi connectivity index (χ1n) is 22.2. The fourth-order valence-corrected chi connectivity index (χ4v) is 16.4. The summed E-state index contributed by atoms with van der Waals surface area (Å²) in [7, 11) is -7.14. The van der Waals surface area contributed by atoms with Crippen molar-refractivity contribution in [3.8, 4) is 0 Å². The Morgan fingerprint density at radius 1 is 0.759 bits per heavy atom. The smallest absolute Gasteiger partial charge is 0.303 e. The molecule has 0 amide bonds. The summed E-state index contributed by atoms with van der Waals surface area (Å²) in [5, 5.41) is 15.1. The summed E-state index contributed by atoms with van der Waals surface area (Å²) < 4.78 is 28.4. The minimum Gasteiger partial charge on any atom is -0.458 e. The van der Waals surface area contributed by atoms with Crippen molar-refractivity contribution in [2.24, 2.45) is 41.4 Å². The predicted octanol–water partition coefficient (Wildman–Crippen LogP) is 11.0. The predicted molar refractivity (Wildman–Crippen MR) is 250 cm³/mol. The zero-order valence-corrected chi connectivity index (χ0v) is 42.6. The van der Waals surface area contributed by atoms with Crippen LogP contribution >= 0.6 is 0 Å². The molecule has 58 heavy (non-hydrogen) atoms. The highest BCUT2D eigenvalue weighted by Gasteiger charge is 2.59. The molecule has 2 fully saturated rings. The fourth-order valence-electron chi connectivity index (χ4n) is 9.58. The van der Waals surface area contributed by atoms with Crippen LogP contribution in [-0.4, -0.2) is 67.6 Å². The number of aliphatic hydroxyl groups is 1. The molecule has 2 aromatic carbocycles. The van der Waals surface area contributed by atoms with Gasteiger partial charge in [0.15, 0.2) is 16.6 Å². The molecule has 2 aliphatic rings. The van der Waals surface area contributed by atoms with Crippen molar-refractivity contribution in [1.82, 2.24) is 0 Å². The van der Waals surface area contributed by atoms with Crippen LogP contribution in [0.15, 0.2) is 72.8 Å². The number of esters is 1. The van der Waals surface area contributed by atoms with E-state index in [9.17, 15) is 9.90 Å². The Morgan fingerprint density at radius 2 is 1.22 bits per heavy atom. The molecule has 9 heteroatoms. The summed E-state index contributed by atoms with van der Waals surface area (Å²) in [6.07, 6.45) is -0.0172. The van der Waals surface area contributed by atoms with Crippen molar-refractivity contribution in [1.29, 1.82) is 0 Å². The quantitative estimate of drug-likeness (QED) is 0.116. The number of benzene rings is 2. The van der Waals surface area contributed by atoms with Crippen LogP contribution in [0.2, 0.25) is 41.3 Å². The van der Waals surface area contributed by atoms with Crippen LogP contribution in [0.3, 0.4) is 0 Å². The lowest BCUT2D eigenvalue weighted by molar-refractivity contribution is -0.167. The number of hydrogen-bond acceptors (Lipinski definition) is 6. The fraction of sp³-hybridized carbons (Fsp3) is 0.694. The molecule has 0 spiro atoms. The summed E-state index contributed by atoms with van der Waals surface area (Å²) in [5.74, 6) is -0.0700. The number of carbonyl (C=O) groups excluding carboxylic acids is 1. The monoisotopic (exact) mass is 851 g/mol. The van der Waals surface area contributed by atoms with Crippen molar-refractivity contribution < 1.29 is 27.9 Å². The normalized spacial score (nSPS) is 26.3. The van der Waals surface area contributed by atoms with Gasteiger partial charge in [-0.25, -0.2) is 0 Å². The van der Waals surface area contributed by atoms with Crippen LogP contribution in [0.25, 0.3) is 0 Å². The molecule has 6 nitrogen and oxygen atoms in total. The molecule has 2 aromatic rings. The summed E-state index contributed by atoms with van der Waals surface area (Å²) in [6, 6.07) is 21.8. The van der Waals surface area contributed by atoms with E-state index >= 15 is 0 Å². The molecule has 0 heterocycles. The van der Waals surface area contributed by atoms with Gasteiger partial charge in [-0.05, 0) is 106 Å². The van der Waals surface area contributed by atoms with Gasteiger partial charge in [-0.3, -0.25) is 4.79 Å². The molecule has 0 aliphatic heterocycles. The summed E-state index contributed by atoms with van der Waals surface area (Å²) in [4.78, 5) is 13.0. The van der Waals surface area contributed by atoms with Gasteiger partial charge >= 0.3 is 5.97 Å². The van der Waals surface area contributed by atoms with Crippen molar-refractivity contribution in [3.63, 3.8) is 0 Å². The van der Waals surface area contributed by atoms with Crippen molar-refractivity contribution in [2.75, 3.05) is 13.2 Å². The maximum absolute atomic E-state index is 13.0. The second-order valence-electron chi connectivity index (χ2n) is 22.4. The molecule has 1 N–H and O–H groups in total. The van der Waals surface area contributed by atoms with E-state index in [1.165, 1.54) is 17.3 Å². The maximum atomic E-state index is 13.0. The second-order valence-corrected chi connectivity index (χ2v) is 36.3. The Hall–Kier alpha value is -1.86. The molecule has 326 valence electrons. The van der Waals surface area contributed by atoms with E-state index in [2.05, 4.69) is 177 Å². The molecule has 0 saturated heterocycles. The molecule has 0 radical (unpaired) electrons. The van der Waals surface area contributed by atoms with Gasteiger partial charge in [0, 0.05) is 32.2 Å². The minimum absolute atomic E-state index is 0.0162. The van der Waals surface area contributed by atoms with E-state index in [-0.39, 0.29) is 68.6 Å². The highest BCUT2D eigenvalue weighted by atomic mass is 28.4. The first-order chi connectivity index (χ1) is 26.6. The first-order valence-corrected chi connectivity index (χ1v) is 29.9. The third-order valence-corrected chi connectivity index (χ3v) is 29.2. The minimum atomic E-state index is -2.95. The first kappa shape index (κ1) is 48.8. The third kappa shape index (κ3) is 10.2. The zero-order chi connectivity index (χ0) is 43.8. The summed E-state index contributed by atoms with van der Waals surface area (Å²) >= 11 is 0. The van der Waals surface area contributed by atoms with Crippen LogP contribution in [0, 0.1) is 41.4 Å². The van der Waals surface area contributed by atoms with Gasteiger partial charge in [-0.15, -0.1) is 0 Å². The summed E-state index contributed by atoms with van der Waals surface area (Å²) in [6.45, 7) is 44.1. The Bertz CT molecular complexity index is 1620. The van der Waals surface area contributed by atoms with E-state index < -0.39 is 37.2 Å². The van der Waals surface area contributed by atoms with E-state index in [0.29, 0.717) is 18.8 Å². The Labute approximate surface area is 357 Å². The molecule has 0 aromatic heterocycles. The largest absolute Gasteiger partial charge is 0.458 e. The van der Waals surface area contributed by atoms with Gasteiger partial charge in [0.25, 0.3) is 8.32 Å². The number of hydrogen-bond donors (Lipinski definition) is 1. The zero-order valence-electron chi connectivity index (χ0n) is 39.6. The van der Waals surface area contributed by atoms with E-state index in [1.54, 1.807) is 0 Å². The van der Waals surface area contributed by atoms with Crippen molar-refractivity contribution in [2.45, 2.75) is 162 Å². The number of aliphatic hydroxyl groups excluding tert-OH is 1. The average Bonchev–Trinajstić information content (AvgIpc) is 3.11. The highest BCUT2D eigenvalue weighted by molar-refractivity contribution is 6.99. The van der Waals surface area contributed by atoms with Gasteiger partial charge < -0.3 is 23.1 Å². The molecular formula is C49H82O6Si3. The molecule has 4 rings (SSSR count). The standard InChI is InChI=1S/C49H82O6Si3/c1-33(2)42(32-53-57(17,18)48(9,10)11)43-41-30-37(55-58(49(12,13)14,38-25-21-19-22-26-38)39-27-23-20-24-28-39)29-40(34(3)31-52-56(15,16)47(6,7)8)44(41)46(54-36(5)50)35(4)45(43)51/h19-28,33-34,37,40-46,51H,4,29-32H2,1-3,5-18H3/t34-,37-,40+,41-,42-,43-,44-,45-,46-/m1/s1. The second kappa shape index (κ2) is 18.2. The maximum Gasteiger partial charge on any atom is 0.303 e. The Balaban J connectivity index is 1.95. The van der Waals surface area contributed by atoms with E-state index in [4.69, 9.17) is 18.0 Å². The number of ether oxygens (including phenoxy) is 1. The lowest BCUT2D eigenvalue weighted by Crippen LogP contribution is -2.68. The van der Waals surface area contributed by atoms with Crippen LogP contribution in [0.5, 0.6) is 0 Å². The SMILES string of the molecule is C=C1[C@@H](O)[C@@H]([C@H](CO[Si](C)(C)C(C)(C)C)C(C)C)[C@H]2C[C@H](O[Si](c3ccccc3)(c3ccccc3)C(C)(C)C)C[C@@H]([C@H](C)CO[Si](C)(C)C(C)(C)C)[C@H]2[C@@H]1OC(C)=O. The van der Waals surface area contributed by atoms with Crippen LogP contribution in [0.4, 0.5) is 0 Å². The van der Waals surface area contributed by atoms with Gasteiger partial charge in [0.2, 0.25) is 0 Å². The third-order valence-electron chi connectivity index (χ3n) is 15.1. The van der Waals surface area contributed by atoms with Crippen LogP contribution in [-0.2, 0) is 22.8 Å². The topological polar surface area (TPSA) is 74.2 Å². The van der Waals surface area contributed by atoms with Crippen LogP contribution < -0.4 is 10.4 Å². The summed E-state index contributed by atoms with van der Waals surface area (Å²) in [5.41, 5.74) is 0.619. The van der Waals surface area contributed by atoms with Crippen molar-refractivity contribution in [3.05, 3.63) is 72.8 Å². The van der Waals surface area contributed by atoms with Gasteiger partial charge in [-0.1, -0.05) is 150 Å². The van der Waals surface area contributed by atoms with Gasteiger partial charge in [0.1, 0.15) is 6.10 Å². The molecular weight excluding hydrogens is 769 g/mol. The highest BCUT2D eigenvalue weighted by Crippen LogP contribution is 2.56. The number of fused-ring (bicyclic) bond motifs is 1. The Kier molecular flexibility index (Phi) is 15.3. The molecule has 0 bridgehead atoms. The molecule has 0 unspecified atom stereocenters. The Morgan fingerprint density at radius 3 is 1.64 bits per heavy atom. The molecule has 2 aliphatic carbocycles. The van der Waals surface area contributed by atoms with Crippen LogP contribution in [0.1, 0.15) is 103 Å². The molecule has 9 atom stereocenters. The van der Waals surface area contributed by atoms with Crippen molar-refractivity contribution >= 4 is 41.3 Å². The number of rotatable bonds is 14. The lowest BCUT2D eigenvalue weighted by Gasteiger charge is -2.58. The van der Waals surface area contributed by atoms with Gasteiger partial charge in [-0.2, -0.15) is 0 Å². The van der Waals surface area contributed by atoms with E-state index in [1.807, 2.05) is 0 Å².